The van der Waals surface area contributed by atoms with Gasteiger partial charge in [0.1, 0.15) is 6.04 Å². The van der Waals surface area contributed by atoms with Crippen molar-refractivity contribution in [1.82, 2.24) is 9.88 Å². The molecule has 0 spiro atoms. The fourth-order valence-electron chi connectivity index (χ4n) is 3.37. The molecule has 1 saturated heterocycles. The second kappa shape index (κ2) is 6.84. The monoisotopic (exact) mass is 337 g/mol. The summed E-state index contributed by atoms with van der Waals surface area (Å²) in [4.78, 5) is 20.7. The first-order valence-corrected chi connectivity index (χ1v) is 9.30. The Morgan fingerprint density at radius 2 is 2.26 bits per heavy atom. The van der Waals surface area contributed by atoms with E-state index in [0.29, 0.717) is 18.3 Å². The number of hydrogen-bond acceptors (Lipinski definition) is 6. The SMILES string of the molecule is O=C(Nc1nc2c(s1)COCC2)C1COCCN1CC1CCC1. The van der Waals surface area contributed by atoms with E-state index in [2.05, 4.69) is 15.2 Å². The maximum atomic E-state index is 12.7. The molecule has 3 heterocycles. The van der Waals surface area contributed by atoms with Crippen molar-refractivity contribution in [2.45, 2.75) is 38.3 Å². The predicted octanol–water partition coefficient (Wildman–Crippen LogP) is 1.66. The van der Waals surface area contributed by atoms with Crippen molar-refractivity contribution in [2.24, 2.45) is 5.92 Å². The minimum absolute atomic E-state index is 0.0102. The zero-order chi connectivity index (χ0) is 15.6. The largest absolute Gasteiger partial charge is 0.378 e. The molecule has 0 aromatic carbocycles. The lowest BCUT2D eigenvalue weighted by molar-refractivity contribution is -0.128. The molecule has 1 amide bonds. The van der Waals surface area contributed by atoms with Crippen LogP contribution in [-0.4, -0.2) is 54.7 Å². The van der Waals surface area contributed by atoms with Gasteiger partial charge >= 0.3 is 0 Å². The van der Waals surface area contributed by atoms with Gasteiger partial charge in [-0.2, -0.15) is 0 Å². The van der Waals surface area contributed by atoms with Gasteiger partial charge in [0.15, 0.2) is 5.13 Å². The number of aromatic nitrogens is 1. The number of ether oxygens (including phenoxy) is 2. The number of fused-ring (bicyclic) bond motifs is 1. The summed E-state index contributed by atoms with van der Waals surface area (Å²) in [6.45, 7) is 4.39. The van der Waals surface area contributed by atoms with Crippen LogP contribution >= 0.6 is 11.3 Å². The molecule has 126 valence electrons. The van der Waals surface area contributed by atoms with Gasteiger partial charge < -0.3 is 14.8 Å². The van der Waals surface area contributed by atoms with Crippen LogP contribution in [0.25, 0.3) is 0 Å². The molecule has 3 aliphatic rings. The molecule has 6 nitrogen and oxygen atoms in total. The molecular formula is C16H23N3O3S. The van der Waals surface area contributed by atoms with Gasteiger partial charge in [-0.25, -0.2) is 4.98 Å². The Bertz CT molecular complexity index is 549. The average Bonchev–Trinajstić information content (AvgIpc) is 2.93. The fraction of sp³-hybridized carbons (Fsp3) is 0.750. The van der Waals surface area contributed by atoms with Crippen LogP contribution in [0, 0.1) is 5.92 Å². The minimum atomic E-state index is -0.193. The van der Waals surface area contributed by atoms with Crippen LogP contribution in [0.2, 0.25) is 0 Å². The van der Waals surface area contributed by atoms with Crippen molar-refractivity contribution in [1.29, 1.82) is 0 Å². The van der Waals surface area contributed by atoms with Crippen LogP contribution < -0.4 is 5.32 Å². The van der Waals surface area contributed by atoms with Crippen LogP contribution in [0.4, 0.5) is 5.13 Å². The van der Waals surface area contributed by atoms with Crippen molar-refractivity contribution in [3.8, 4) is 0 Å². The maximum Gasteiger partial charge on any atom is 0.245 e. The highest BCUT2D eigenvalue weighted by Crippen LogP contribution is 2.29. The highest BCUT2D eigenvalue weighted by atomic mass is 32.1. The van der Waals surface area contributed by atoms with Crippen LogP contribution in [0.3, 0.4) is 0 Å². The third-order valence-corrected chi connectivity index (χ3v) is 5.97. The van der Waals surface area contributed by atoms with Crippen molar-refractivity contribution in [3.63, 3.8) is 0 Å². The number of thiazole rings is 1. The Balaban J connectivity index is 1.40. The number of hydrogen-bond donors (Lipinski definition) is 1. The Morgan fingerprint density at radius 3 is 3.04 bits per heavy atom. The summed E-state index contributed by atoms with van der Waals surface area (Å²) in [7, 11) is 0. The molecule has 4 rings (SSSR count). The lowest BCUT2D eigenvalue weighted by atomic mass is 9.84. The molecule has 1 aliphatic carbocycles. The Morgan fingerprint density at radius 1 is 1.35 bits per heavy atom. The summed E-state index contributed by atoms with van der Waals surface area (Å²) in [6, 6.07) is -0.193. The average molecular weight is 337 g/mol. The van der Waals surface area contributed by atoms with Crippen LogP contribution in [-0.2, 0) is 27.3 Å². The number of amides is 1. The Hall–Kier alpha value is -1.02. The molecule has 23 heavy (non-hydrogen) atoms. The van der Waals surface area contributed by atoms with E-state index >= 15 is 0 Å². The van der Waals surface area contributed by atoms with Gasteiger partial charge in [0.05, 0.1) is 37.0 Å². The third-order valence-electron chi connectivity index (χ3n) is 4.98. The number of carbonyl (C=O) groups excluding carboxylic acids is 1. The minimum Gasteiger partial charge on any atom is -0.378 e. The molecule has 1 atom stereocenters. The molecule has 1 N–H and O–H groups in total. The van der Waals surface area contributed by atoms with E-state index in [9.17, 15) is 4.79 Å². The van der Waals surface area contributed by atoms with E-state index in [0.717, 1.165) is 49.2 Å². The smallest absolute Gasteiger partial charge is 0.245 e. The molecule has 1 unspecified atom stereocenters. The van der Waals surface area contributed by atoms with Crippen molar-refractivity contribution < 1.29 is 14.3 Å². The van der Waals surface area contributed by atoms with E-state index in [1.54, 1.807) is 0 Å². The Labute approximate surface area is 140 Å². The Kier molecular flexibility index (Phi) is 4.61. The van der Waals surface area contributed by atoms with E-state index in [-0.39, 0.29) is 11.9 Å². The number of nitrogens with one attached hydrogen (secondary N) is 1. The van der Waals surface area contributed by atoms with Gasteiger partial charge in [0.25, 0.3) is 0 Å². The maximum absolute atomic E-state index is 12.7. The van der Waals surface area contributed by atoms with E-state index < -0.39 is 0 Å². The zero-order valence-electron chi connectivity index (χ0n) is 13.3. The number of carbonyl (C=O) groups is 1. The van der Waals surface area contributed by atoms with E-state index in [1.807, 2.05) is 0 Å². The van der Waals surface area contributed by atoms with Crippen molar-refractivity contribution >= 4 is 22.4 Å². The van der Waals surface area contributed by atoms with E-state index in [1.165, 1.54) is 30.6 Å². The molecule has 2 fully saturated rings. The summed E-state index contributed by atoms with van der Waals surface area (Å²) >= 11 is 1.53. The zero-order valence-corrected chi connectivity index (χ0v) is 14.1. The number of anilines is 1. The van der Waals surface area contributed by atoms with Crippen LogP contribution in [0.15, 0.2) is 0 Å². The lowest BCUT2D eigenvalue weighted by Crippen LogP contribution is -2.53. The molecule has 1 aromatic heterocycles. The molecule has 7 heteroatoms. The summed E-state index contributed by atoms with van der Waals surface area (Å²) in [5.41, 5.74) is 1.07. The van der Waals surface area contributed by atoms with Gasteiger partial charge in [-0.05, 0) is 18.8 Å². The summed E-state index contributed by atoms with van der Waals surface area (Å²) in [5, 5.41) is 3.69. The fourth-order valence-corrected chi connectivity index (χ4v) is 4.32. The first kappa shape index (κ1) is 15.5. The lowest BCUT2D eigenvalue weighted by Gasteiger charge is -2.38. The standard InChI is InChI=1S/C16H23N3O3S/c20-15(18-16-17-12-4-6-21-10-14(12)23-16)13-9-22-7-5-19(13)8-11-2-1-3-11/h11,13H,1-10H2,(H,17,18,20). The van der Waals surface area contributed by atoms with Crippen LogP contribution in [0.1, 0.15) is 29.8 Å². The summed E-state index contributed by atoms with van der Waals surface area (Å²) in [6.07, 6.45) is 4.76. The van der Waals surface area contributed by atoms with Gasteiger partial charge in [-0.3, -0.25) is 9.69 Å². The highest BCUT2D eigenvalue weighted by Gasteiger charge is 2.33. The number of morpholine rings is 1. The van der Waals surface area contributed by atoms with Crippen molar-refractivity contribution in [2.75, 3.05) is 38.2 Å². The van der Waals surface area contributed by atoms with E-state index in [4.69, 9.17) is 9.47 Å². The number of rotatable bonds is 4. The molecular weight excluding hydrogens is 314 g/mol. The first-order valence-electron chi connectivity index (χ1n) is 8.48. The molecule has 0 bridgehead atoms. The van der Waals surface area contributed by atoms with Crippen molar-refractivity contribution in [3.05, 3.63) is 10.6 Å². The van der Waals surface area contributed by atoms with Gasteiger partial charge in [0, 0.05) is 19.5 Å². The topological polar surface area (TPSA) is 63.7 Å². The second-order valence-electron chi connectivity index (χ2n) is 6.56. The van der Waals surface area contributed by atoms with Crippen LogP contribution in [0.5, 0.6) is 0 Å². The predicted molar refractivity (Wildman–Crippen MR) is 87.6 cm³/mol. The summed E-state index contributed by atoms with van der Waals surface area (Å²) < 4.78 is 11.0. The molecule has 1 saturated carbocycles. The third kappa shape index (κ3) is 3.42. The van der Waals surface area contributed by atoms with Gasteiger partial charge in [-0.15, -0.1) is 0 Å². The molecule has 2 aliphatic heterocycles. The number of nitrogens with zero attached hydrogens (tertiary/aromatic N) is 2. The van der Waals surface area contributed by atoms with Gasteiger partial charge in [-0.1, -0.05) is 17.8 Å². The quantitative estimate of drug-likeness (QED) is 0.905. The molecule has 0 radical (unpaired) electrons. The normalized spacial score (nSPS) is 25.7. The summed E-state index contributed by atoms with van der Waals surface area (Å²) in [5.74, 6) is 0.767. The second-order valence-corrected chi connectivity index (χ2v) is 7.65. The van der Waals surface area contributed by atoms with Gasteiger partial charge in [0.2, 0.25) is 5.91 Å². The highest BCUT2D eigenvalue weighted by molar-refractivity contribution is 7.15. The molecule has 1 aromatic rings. The first-order chi connectivity index (χ1) is 11.3.